The smallest absolute Gasteiger partial charge is 0.336 e. The highest BCUT2D eigenvalue weighted by Gasteiger charge is 2.13. The van der Waals surface area contributed by atoms with Crippen molar-refractivity contribution in [2.75, 3.05) is 5.84 Å². The Morgan fingerprint density at radius 3 is 2.73 bits per heavy atom. The molecule has 0 amide bonds. The number of nitrogen functional groups attached to an aromatic ring is 1. The molecule has 7 heteroatoms. The minimum Gasteiger partial charge on any atom is -0.423 e. The summed E-state index contributed by atoms with van der Waals surface area (Å²) in [6.45, 7) is 1.96. The van der Waals surface area contributed by atoms with Crippen molar-refractivity contribution in [1.29, 1.82) is 0 Å². The lowest BCUT2D eigenvalue weighted by Gasteiger charge is -2.06. The Morgan fingerprint density at radius 1 is 1.12 bits per heavy atom. The van der Waals surface area contributed by atoms with Crippen molar-refractivity contribution in [1.82, 2.24) is 14.9 Å². The maximum absolute atomic E-state index is 11.8. The summed E-state index contributed by atoms with van der Waals surface area (Å²) in [7, 11) is 0. The number of nitrogens with zero attached hydrogens (tertiary/aromatic N) is 3. The van der Waals surface area contributed by atoms with Crippen LogP contribution in [0.1, 0.15) is 11.1 Å². The van der Waals surface area contributed by atoms with Crippen molar-refractivity contribution in [3.05, 3.63) is 76.1 Å². The van der Waals surface area contributed by atoms with Crippen LogP contribution in [0.15, 0.2) is 69.0 Å². The maximum Gasteiger partial charge on any atom is 0.336 e. The Hall–Kier alpha value is -3.06. The molecule has 0 fully saturated rings. The van der Waals surface area contributed by atoms with Gasteiger partial charge in [0.1, 0.15) is 5.58 Å². The quantitative estimate of drug-likeness (QED) is 0.339. The molecule has 2 aromatic carbocycles. The van der Waals surface area contributed by atoms with Crippen molar-refractivity contribution < 1.29 is 4.42 Å². The molecule has 0 bridgehead atoms. The molecule has 0 atom stereocenters. The summed E-state index contributed by atoms with van der Waals surface area (Å²) in [5, 5.41) is 9.84. The van der Waals surface area contributed by atoms with Gasteiger partial charge in [0.15, 0.2) is 5.82 Å². The fourth-order valence-electron chi connectivity index (χ4n) is 2.76. The second-order valence-electron chi connectivity index (χ2n) is 5.92. The molecule has 2 aromatic heterocycles. The number of nitrogens with two attached hydrogens (primary N) is 1. The molecule has 0 saturated heterocycles. The molecule has 0 spiro atoms. The predicted molar refractivity (Wildman–Crippen MR) is 102 cm³/mol. The summed E-state index contributed by atoms with van der Waals surface area (Å²) in [6.07, 6.45) is 0. The monoisotopic (exact) mass is 364 g/mol. The number of aryl methyl sites for hydroxylation is 1. The van der Waals surface area contributed by atoms with Crippen LogP contribution in [-0.4, -0.2) is 14.9 Å². The number of thioether (sulfide) groups is 1. The molecule has 2 N–H and O–H groups in total. The van der Waals surface area contributed by atoms with Gasteiger partial charge in [-0.1, -0.05) is 54.2 Å². The Labute approximate surface area is 153 Å². The van der Waals surface area contributed by atoms with E-state index in [0.29, 0.717) is 22.3 Å². The summed E-state index contributed by atoms with van der Waals surface area (Å²) in [5.41, 5.74) is 3.05. The molecule has 2 heterocycles. The number of hydrogen-bond acceptors (Lipinski definition) is 6. The van der Waals surface area contributed by atoms with E-state index in [-0.39, 0.29) is 5.63 Å². The zero-order valence-electron chi connectivity index (χ0n) is 14.0. The van der Waals surface area contributed by atoms with Gasteiger partial charge in [-0.2, -0.15) is 0 Å². The minimum atomic E-state index is -0.363. The van der Waals surface area contributed by atoms with Crippen LogP contribution in [0.2, 0.25) is 0 Å². The Bertz CT molecular complexity index is 1140. The highest BCUT2D eigenvalue weighted by Crippen LogP contribution is 2.27. The highest BCUT2D eigenvalue weighted by atomic mass is 32.2. The van der Waals surface area contributed by atoms with Crippen molar-refractivity contribution in [3.63, 3.8) is 0 Å². The number of benzene rings is 2. The molecule has 0 aliphatic heterocycles. The van der Waals surface area contributed by atoms with E-state index >= 15 is 0 Å². The van der Waals surface area contributed by atoms with E-state index in [0.717, 1.165) is 22.1 Å². The Morgan fingerprint density at radius 2 is 1.92 bits per heavy atom. The molecule has 0 unspecified atom stereocenters. The van der Waals surface area contributed by atoms with E-state index in [2.05, 4.69) is 10.2 Å². The van der Waals surface area contributed by atoms with Crippen LogP contribution in [0.3, 0.4) is 0 Å². The van der Waals surface area contributed by atoms with Crippen LogP contribution in [-0.2, 0) is 5.75 Å². The summed E-state index contributed by atoms with van der Waals surface area (Å²) >= 11 is 1.43. The first-order valence-electron chi connectivity index (χ1n) is 8.04. The molecule has 0 aliphatic carbocycles. The van der Waals surface area contributed by atoms with Gasteiger partial charge in [-0.3, -0.25) is 0 Å². The molecule has 0 saturated carbocycles. The minimum absolute atomic E-state index is 0.363. The van der Waals surface area contributed by atoms with Crippen LogP contribution in [0.5, 0.6) is 0 Å². The first-order chi connectivity index (χ1) is 12.6. The van der Waals surface area contributed by atoms with Crippen molar-refractivity contribution in [2.24, 2.45) is 0 Å². The average molecular weight is 364 g/mol. The highest BCUT2D eigenvalue weighted by molar-refractivity contribution is 7.98. The van der Waals surface area contributed by atoms with Gasteiger partial charge in [-0.15, -0.1) is 10.2 Å². The van der Waals surface area contributed by atoms with E-state index in [1.165, 1.54) is 22.5 Å². The van der Waals surface area contributed by atoms with Crippen molar-refractivity contribution in [2.45, 2.75) is 17.8 Å². The summed E-state index contributed by atoms with van der Waals surface area (Å²) in [6, 6.07) is 17.0. The molecule has 0 aliphatic rings. The third kappa shape index (κ3) is 3.09. The van der Waals surface area contributed by atoms with E-state index < -0.39 is 0 Å². The van der Waals surface area contributed by atoms with Crippen LogP contribution < -0.4 is 11.5 Å². The molecule has 4 aromatic rings. The maximum atomic E-state index is 11.8. The Kier molecular flexibility index (Phi) is 4.22. The molecular formula is C19H16N4O2S. The molecular weight excluding hydrogens is 348 g/mol. The number of hydrogen-bond donors (Lipinski definition) is 1. The SMILES string of the molecule is Cc1ccc2c(CSc3nnc(-c4ccccc4)n3N)cc(=O)oc2c1. The largest absolute Gasteiger partial charge is 0.423 e. The average Bonchev–Trinajstić information content (AvgIpc) is 3.00. The second kappa shape index (κ2) is 6.68. The standard InChI is InChI=1S/C19H16N4O2S/c1-12-7-8-15-14(10-17(24)25-16(15)9-12)11-26-19-22-21-18(23(19)20)13-5-3-2-4-6-13/h2-10H,11,20H2,1H3. The van der Waals surface area contributed by atoms with Crippen LogP contribution >= 0.6 is 11.8 Å². The number of aromatic nitrogens is 3. The number of rotatable bonds is 4. The van der Waals surface area contributed by atoms with Crippen LogP contribution in [0.4, 0.5) is 0 Å². The normalized spacial score (nSPS) is 11.1. The Balaban J connectivity index is 1.64. The van der Waals surface area contributed by atoms with Gasteiger partial charge in [0.05, 0.1) is 0 Å². The first kappa shape index (κ1) is 16.4. The molecule has 0 radical (unpaired) electrons. The summed E-state index contributed by atoms with van der Waals surface area (Å²) < 4.78 is 6.77. The van der Waals surface area contributed by atoms with E-state index in [1.54, 1.807) is 0 Å². The molecule has 26 heavy (non-hydrogen) atoms. The topological polar surface area (TPSA) is 86.9 Å². The van der Waals surface area contributed by atoms with Crippen molar-refractivity contribution in [3.8, 4) is 11.4 Å². The van der Waals surface area contributed by atoms with Gasteiger partial charge in [-0.05, 0) is 24.1 Å². The number of fused-ring (bicyclic) bond motifs is 1. The third-order valence-electron chi connectivity index (χ3n) is 4.04. The zero-order chi connectivity index (χ0) is 18.1. The molecule has 4 rings (SSSR count). The lowest BCUT2D eigenvalue weighted by molar-refractivity contribution is 0.559. The van der Waals surface area contributed by atoms with Gasteiger partial charge in [0.2, 0.25) is 5.16 Å². The van der Waals surface area contributed by atoms with Gasteiger partial charge >= 0.3 is 5.63 Å². The zero-order valence-corrected chi connectivity index (χ0v) is 14.9. The second-order valence-corrected chi connectivity index (χ2v) is 6.86. The lowest BCUT2D eigenvalue weighted by Crippen LogP contribution is -2.11. The summed E-state index contributed by atoms with van der Waals surface area (Å²) in [5.74, 6) is 7.29. The van der Waals surface area contributed by atoms with Crippen LogP contribution in [0, 0.1) is 6.92 Å². The third-order valence-corrected chi connectivity index (χ3v) is 5.03. The van der Waals surface area contributed by atoms with E-state index in [9.17, 15) is 4.79 Å². The fourth-order valence-corrected chi connectivity index (χ4v) is 3.61. The molecule has 130 valence electrons. The van der Waals surface area contributed by atoms with E-state index in [4.69, 9.17) is 10.3 Å². The summed E-state index contributed by atoms with van der Waals surface area (Å²) in [4.78, 5) is 11.8. The fraction of sp³-hybridized carbons (Fsp3) is 0.105. The van der Waals surface area contributed by atoms with Gasteiger partial charge in [-0.25, -0.2) is 9.47 Å². The van der Waals surface area contributed by atoms with Gasteiger partial charge < -0.3 is 10.3 Å². The van der Waals surface area contributed by atoms with Gasteiger partial charge in [0.25, 0.3) is 0 Å². The van der Waals surface area contributed by atoms with E-state index in [1.807, 2.05) is 55.5 Å². The predicted octanol–water partition coefficient (Wildman–Crippen LogP) is 3.37. The van der Waals surface area contributed by atoms with Crippen LogP contribution in [0.25, 0.3) is 22.4 Å². The molecule has 6 nitrogen and oxygen atoms in total. The van der Waals surface area contributed by atoms with Crippen molar-refractivity contribution >= 4 is 22.7 Å². The first-order valence-corrected chi connectivity index (χ1v) is 9.02. The van der Waals surface area contributed by atoms with Gasteiger partial charge in [0, 0.05) is 22.8 Å². The lowest BCUT2D eigenvalue weighted by atomic mass is 10.1.